The fraction of sp³-hybridized carbons (Fsp3) is 0.0952. The van der Waals surface area contributed by atoms with Gasteiger partial charge in [0.1, 0.15) is 10.9 Å². The Kier molecular flexibility index (Phi) is 3.90. The maximum atomic E-state index is 12.5. The lowest BCUT2D eigenvalue weighted by atomic mass is 10.1. The zero-order chi connectivity index (χ0) is 18.3. The molecule has 0 aliphatic rings. The molecule has 5 heteroatoms. The van der Waals surface area contributed by atoms with Crippen LogP contribution in [0, 0.1) is 25.2 Å². The molecule has 4 rings (SSSR count). The summed E-state index contributed by atoms with van der Waals surface area (Å²) in [5, 5.41) is 12.4. The van der Waals surface area contributed by atoms with Crippen LogP contribution in [0.5, 0.6) is 0 Å². The molecule has 0 aliphatic carbocycles. The molecule has 2 heterocycles. The fourth-order valence-corrected chi connectivity index (χ4v) is 4.03. The number of fused-ring (bicyclic) bond motifs is 2. The molecule has 0 spiro atoms. The highest BCUT2D eigenvalue weighted by Gasteiger charge is 2.14. The molecule has 4 aromatic rings. The van der Waals surface area contributed by atoms with Gasteiger partial charge in [0.2, 0.25) is 0 Å². The molecular weight excluding hydrogens is 342 g/mol. The van der Waals surface area contributed by atoms with Crippen molar-refractivity contribution in [2.75, 3.05) is 0 Å². The monoisotopic (exact) mass is 357 g/mol. The number of hydrogen-bond acceptors (Lipinski definition) is 4. The van der Waals surface area contributed by atoms with Crippen molar-refractivity contribution in [1.29, 1.82) is 5.26 Å². The molecule has 2 aromatic heterocycles. The molecule has 0 fully saturated rings. The second kappa shape index (κ2) is 6.25. The maximum Gasteiger partial charge on any atom is 0.260 e. The van der Waals surface area contributed by atoms with Gasteiger partial charge in [-0.2, -0.15) is 5.26 Å². The van der Waals surface area contributed by atoms with Gasteiger partial charge in [0.15, 0.2) is 5.82 Å². The van der Waals surface area contributed by atoms with Crippen LogP contribution in [0.2, 0.25) is 0 Å². The first-order valence-electron chi connectivity index (χ1n) is 8.18. The van der Waals surface area contributed by atoms with E-state index in [-0.39, 0.29) is 5.56 Å². The van der Waals surface area contributed by atoms with E-state index < -0.39 is 0 Å². The van der Waals surface area contributed by atoms with Crippen molar-refractivity contribution < 1.29 is 0 Å². The Labute approximate surface area is 154 Å². The summed E-state index contributed by atoms with van der Waals surface area (Å²) in [6, 6.07) is 16.2. The van der Waals surface area contributed by atoms with Crippen LogP contribution in [-0.2, 0) is 0 Å². The number of benzene rings is 2. The average molecular weight is 357 g/mol. The van der Waals surface area contributed by atoms with Crippen LogP contribution in [0.15, 0.2) is 47.3 Å². The van der Waals surface area contributed by atoms with E-state index in [0.717, 1.165) is 26.8 Å². The molecule has 0 radical (unpaired) electrons. The van der Waals surface area contributed by atoms with E-state index in [1.165, 1.54) is 11.3 Å². The van der Waals surface area contributed by atoms with E-state index in [2.05, 4.69) is 16.0 Å². The molecule has 1 N–H and O–H groups in total. The maximum absolute atomic E-state index is 12.5. The molecule has 0 aliphatic heterocycles. The van der Waals surface area contributed by atoms with E-state index in [4.69, 9.17) is 0 Å². The van der Waals surface area contributed by atoms with Gasteiger partial charge in [0.25, 0.3) is 5.56 Å². The van der Waals surface area contributed by atoms with Gasteiger partial charge in [-0.25, -0.2) is 4.98 Å². The molecule has 2 aromatic carbocycles. The first-order chi connectivity index (χ1) is 12.6. The number of rotatable bonds is 2. The first kappa shape index (κ1) is 16.2. The number of nitrogens with one attached hydrogen (secondary N) is 1. The third-order valence-electron chi connectivity index (χ3n) is 4.50. The quantitative estimate of drug-likeness (QED) is 0.523. The zero-order valence-electron chi connectivity index (χ0n) is 14.3. The lowest BCUT2D eigenvalue weighted by Gasteiger charge is -2.02. The number of allylic oxidation sites excluding steroid dienone is 1. The van der Waals surface area contributed by atoms with Crippen LogP contribution >= 0.6 is 11.3 Å². The smallest absolute Gasteiger partial charge is 0.260 e. The van der Waals surface area contributed by atoms with E-state index in [1.807, 2.05) is 56.3 Å². The van der Waals surface area contributed by atoms with E-state index >= 15 is 0 Å². The Morgan fingerprint density at radius 3 is 2.73 bits per heavy atom. The third kappa shape index (κ3) is 2.71. The standard InChI is InChI=1S/C21H15N3OS/c1-12-13(2)26-21-18(12)20(25)23-19(24-21)17(11-22)10-14-7-8-15-5-3-4-6-16(15)9-14/h3-10H,1-2H3,(H,23,24,25). The highest BCUT2D eigenvalue weighted by atomic mass is 32.1. The number of aryl methyl sites for hydroxylation is 2. The molecule has 0 bridgehead atoms. The lowest BCUT2D eigenvalue weighted by molar-refractivity contribution is 1.13. The summed E-state index contributed by atoms with van der Waals surface area (Å²) in [5.74, 6) is 0.305. The third-order valence-corrected chi connectivity index (χ3v) is 5.60. The predicted octanol–water partition coefficient (Wildman–Crippen LogP) is 4.82. The van der Waals surface area contributed by atoms with Gasteiger partial charge in [-0.1, -0.05) is 36.4 Å². The van der Waals surface area contributed by atoms with Gasteiger partial charge in [-0.15, -0.1) is 11.3 Å². The number of H-pyrrole nitrogens is 1. The van der Waals surface area contributed by atoms with Crippen molar-refractivity contribution in [2.45, 2.75) is 13.8 Å². The summed E-state index contributed by atoms with van der Waals surface area (Å²) >= 11 is 1.48. The second-order valence-corrected chi connectivity index (χ2v) is 7.36. The molecular formula is C21H15N3OS. The van der Waals surface area contributed by atoms with E-state index in [9.17, 15) is 10.1 Å². The number of nitriles is 1. The molecule has 26 heavy (non-hydrogen) atoms. The number of aromatic nitrogens is 2. The average Bonchev–Trinajstić information content (AvgIpc) is 2.94. The zero-order valence-corrected chi connectivity index (χ0v) is 15.1. The minimum absolute atomic E-state index is 0.202. The van der Waals surface area contributed by atoms with Gasteiger partial charge in [-0.3, -0.25) is 4.79 Å². The van der Waals surface area contributed by atoms with Crippen LogP contribution in [-0.4, -0.2) is 9.97 Å². The predicted molar refractivity (Wildman–Crippen MR) is 107 cm³/mol. The van der Waals surface area contributed by atoms with Gasteiger partial charge in [-0.05, 0) is 47.9 Å². The van der Waals surface area contributed by atoms with E-state index in [1.54, 1.807) is 6.08 Å². The van der Waals surface area contributed by atoms with Crippen LogP contribution in [0.4, 0.5) is 0 Å². The van der Waals surface area contributed by atoms with Crippen LogP contribution in [0.25, 0.3) is 32.6 Å². The van der Waals surface area contributed by atoms with Crippen molar-refractivity contribution >= 4 is 44.0 Å². The van der Waals surface area contributed by atoms with Crippen LogP contribution in [0.3, 0.4) is 0 Å². The molecule has 0 unspecified atom stereocenters. The summed E-state index contributed by atoms with van der Waals surface area (Å²) < 4.78 is 0. The highest BCUT2D eigenvalue weighted by molar-refractivity contribution is 7.18. The Balaban J connectivity index is 1.86. The summed E-state index contributed by atoms with van der Waals surface area (Å²) in [7, 11) is 0. The van der Waals surface area contributed by atoms with Gasteiger partial charge in [0.05, 0.1) is 11.0 Å². The van der Waals surface area contributed by atoms with Crippen molar-refractivity contribution in [3.63, 3.8) is 0 Å². The van der Waals surface area contributed by atoms with Crippen molar-refractivity contribution in [3.05, 3.63) is 74.6 Å². The molecule has 0 saturated heterocycles. The number of aromatic amines is 1. The molecule has 4 nitrogen and oxygen atoms in total. The summed E-state index contributed by atoms with van der Waals surface area (Å²) in [5.41, 5.74) is 1.97. The highest BCUT2D eigenvalue weighted by Crippen LogP contribution is 2.27. The molecule has 0 amide bonds. The summed E-state index contributed by atoms with van der Waals surface area (Å²) in [6.07, 6.45) is 1.75. The SMILES string of the molecule is Cc1sc2nc(C(C#N)=Cc3ccc4ccccc4c3)[nH]c(=O)c2c1C. The van der Waals surface area contributed by atoms with Gasteiger partial charge in [0, 0.05) is 4.88 Å². The Bertz CT molecular complexity index is 1290. The Hall–Kier alpha value is -3.23. The Morgan fingerprint density at radius 1 is 1.19 bits per heavy atom. The summed E-state index contributed by atoms with van der Waals surface area (Å²) in [6.45, 7) is 3.89. The van der Waals surface area contributed by atoms with Crippen molar-refractivity contribution in [1.82, 2.24) is 9.97 Å². The topological polar surface area (TPSA) is 69.5 Å². The first-order valence-corrected chi connectivity index (χ1v) is 8.99. The van der Waals surface area contributed by atoms with Crippen LogP contribution < -0.4 is 5.56 Å². The van der Waals surface area contributed by atoms with Crippen molar-refractivity contribution in [2.24, 2.45) is 0 Å². The minimum atomic E-state index is -0.202. The molecule has 0 atom stereocenters. The second-order valence-electron chi connectivity index (χ2n) is 6.15. The number of nitrogens with zero attached hydrogens (tertiary/aromatic N) is 2. The number of thiophene rings is 1. The van der Waals surface area contributed by atoms with Crippen LogP contribution in [0.1, 0.15) is 21.8 Å². The fourth-order valence-electron chi connectivity index (χ4n) is 3.00. The van der Waals surface area contributed by atoms with Crippen molar-refractivity contribution in [3.8, 4) is 6.07 Å². The van der Waals surface area contributed by atoms with Gasteiger partial charge < -0.3 is 4.98 Å². The molecule has 126 valence electrons. The largest absolute Gasteiger partial charge is 0.305 e. The Morgan fingerprint density at radius 2 is 1.96 bits per heavy atom. The summed E-state index contributed by atoms with van der Waals surface area (Å²) in [4.78, 5) is 21.5. The van der Waals surface area contributed by atoms with Gasteiger partial charge >= 0.3 is 0 Å². The normalized spacial score (nSPS) is 11.8. The minimum Gasteiger partial charge on any atom is -0.305 e. The number of hydrogen-bond donors (Lipinski definition) is 1. The van der Waals surface area contributed by atoms with E-state index in [0.29, 0.717) is 21.6 Å². The lowest BCUT2D eigenvalue weighted by Crippen LogP contribution is -2.10. The molecule has 0 saturated carbocycles.